The molecule has 2 rings (SSSR count). The summed E-state index contributed by atoms with van der Waals surface area (Å²) in [7, 11) is 0. The van der Waals surface area contributed by atoms with Crippen LogP contribution >= 0.6 is 34.7 Å². The standard InChI is InChI=1S/C12H18ClNS2/c13-12-7-6-10(16-12)11(8-14)15-9-4-2-1-3-5-9/h6-7,9,11H,1-5,8,14H2. The van der Waals surface area contributed by atoms with E-state index in [2.05, 4.69) is 17.8 Å². The Labute approximate surface area is 111 Å². The summed E-state index contributed by atoms with van der Waals surface area (Å²) in [5.41, 5.74) is 5.87. The molecule has 1 aliphatic carbocycles. The van der Waals surface area contributed by atoms with Crippen molar-refractivity contribution < 1.29 is 0 Å². The van der Waals surface area contributed by atoms with Crippen LogP contribution in [0.1, 0.15) is 42.2 Å². The van der Waals surface area contributed by atoms with E-state index >= 15 is 0 Å². The Morgan fingerprint density at radius 1 is 1.38 bits per heavy atom. The highest BCUT2D eigenvalue weighted by atomic mass is 35.5. The van der Waals surface area contributed by atoms with Crippen molar-refractivity contribution in [2.75, 3.05) is 6.54 Å². The minimum Gasteiger partial charge on any atom is -0.329 e. The quantitative estimate of drug-likeness (QED) is 0.878. The van der Waals surface area contributed by atoms with Crippen LogP contribution in [0, 0.1) is 0 Å². The SMILES string of the molecule is NCC(SC1CCCCC1)c1ccc(Cl)s1. The second-order valence-corrected chi connectivity index (χ2v) is 7.52. The van der Waals surface area contributed by atoms with Gasteiger partial charge in [0.05, 0.1) is 9.59 Å². The van der Waals surface area contributed by atoms with Crippen molar-refractivity contribution in [1.82, 2.24) is 0 Å². The molecule has 1 heterocycles. The average Bonchev–Trinajstić information content (AvgIpc) is 2.74. The molecule has 0 spiro atoms. The molecule has 0 aromatic carbocycles. The van der Waals surface area contributed by atoms with Crippen molar-refractivity contribution in [3.63, 3.8) is 0 Å². The highest BCUT2D eigenvalue weighted by Crippen LogP contribution is 2.40. The summed E-state index contributed by atoms with van der Waals surface area (Å²) in [6.07, 6.45) is 6.91. The molecule has 0 amide bonds. The van der Waals surface area contributed by atoms with E-state index in [1.54, 1.807) is 11.3 Å². The van der Waals surface area contributed by atoms with Crippen molar-refractivity contribution >= 4 is 34.7 Å². The Balaban J connectivity index is 1.94. The van der Waals surface area contributed by atoms with E-state index in [-0.39, 0.29) is 0 Å². The van der Waals surface area contributed by atoms with Gasteiger partial charge in [-0.05, 0) is 25.0 Å². The lowest BCUT2D eigenvalue weighted by atomic mass is 10.0. The first-order valence-electron chi connectivity index (χ1n) is 5.90. The molecular weight excluding hydrogens is 258 g/mol. The molecule has 1 aromatic heterocycles. The molecule has 1 aliphatic rings. The Bertz CT molecular complexity index is 321. The van der Waals surface area contributed by atoms with Crippen LogP contribution in [0.4, 0.5) is 0 Å². The van der Waals surface area contributed by atoms with Gasteiger partial charge in [-0.15, -0.1) is 23.1 Å². The maximum absolute atomic E-state index is 5.97. The molecule has 1 atom stereocenters. The topological polar surface area (TPSA) is 26.0 Å². The van der Waals surface area contributed by atoms with E-state index in [9.17, 15) is 0 Å². The molecule has 1 nitrogen and oxygen atoms in total. The van der Waals surface area contributed by atoms with Gasteiger partial charge >= 0.3 is 0 Å². The maximum atomic E-state index is 5.97. The fourth-order valence-electron chi connectivity index (χ4n) is 2.17. The fourth-order valence-corrected chi connectivity index (χ4v) is 4.93. The maximum Gasteiger partial charge on any atom is 0.0931 e. The number of rotatable bonds is 4. The lowest BCUT2D eigenvalue weighted by molar-refractivity contribution is 0.515. The van der Waals surface area contributed by atoms with Gasteiger partial charge in [-0.2, -0.15) is 0 Å². The van der Waals surface area contributed by atoms with E-state index in [1.807, 2.05) is 6.07 Å². The molecule has 2 N–H and O–H groups in total. The van der Waals surface area contributed by atoms with E-state index in [0.29, 0.717) is 5.25 Å². The minimum atomic E-state index is 0.445. The molecule has 1 unspecified atom stereocenters. The van der Waals surface area contributed by atoms with Crippen LogP contribution in [0.15, 0.2) is 12.1 Å². The molecule has 0 bridgehead atoms. The molecule has 16 heavy (non-hydrogen) atoms. The third-order valence-corrected chi connectivity index (χ3v) is 6.16. The normalized spacial score (nSPS) is 19.9. The second kappa shape index (κ2) is 6.29. The highest BCUT2D eigenvalue weighted by Gasteiger charge is 2.20. The number of hydrogen-bond donors (Lipinski definition) is 1. The first-order chi connectivity index (χ1) is 7.79. The molecule has 1 fully saturated rings. The Morgan fingerprint density at radius 2 is 2.12 bits per heavy atom. The smallest absolute Gasteiger partial charge is 0.0931 e. The number of nitrogens with two attached hydrogens (primary N) is 1. The molecule has 0 radical (unpaired) electrons. The van der Waals surface area contributed by atoms with Gasteiger partial charge in [-0.1, -0.05) is 30.9 Å². The summed E-state index contributed by atoms with van der Waals surface area (Å²) in [5, 5.41) is 1.25. The van der Waals surface area contributed by atoms with Gasteiger partial charge in [-0.25, -0.2) is 0 Å². The van der Waals surface area contributed by atoms with E-state index < -0.39 is 0 Å². The Hall–Kier alpha value is 0.300. The summed E-state index contributed by atoms with van der Waals surface area (Å²) in [5.74, 6) is 0. The third kappa shape index (κ3) is 3.39. The summed E-state index contributed by atoms with van der Waals surface area (Å²) in [6.45, 7) is 0.720. The molecule has 4 heteroatoms. The predicted octanol–water partition coefficient (Wildman–Crippen LogP) is 4.47. The number of thiophene rings is 1. The Morgan fingerprint density at radius 3 is 2.69 bits per heavy atom. The summed E-state index contributed by atoms with van der Waals surface area (Å²) in [6, 6.07) is 4.10. The van der Waals surface area contributed by atoms with Gasteiger partial charge in [0.2, 0.25) is 0 Å². The third-order valence-electron chi connectivity index (χ3n) is 3.03. The van der Waals surface area contributed by atoms with Crippen molar-refractivity contribution in [3.05, 3.63) is 21.3 Å². The van der Waals surface area contributed by atoms with Crippen LogP contribution < -0.4 is 5.73 Å². The van der Waals surface area contributed by atoms with Gasteiger partial charge in [0.15, 0.2) is 0 Å². The zero-order valence-electron chi connectivity index (χ0n) is 9.32. The van der Waals surface area contributed by atoms with Gasteiger partial charge in [0, 0.05) is 16.7 Å². The first-order valence-corrected chi connectivity index (χ1v) is 8.04. The van der Waals surface area contributed by atoms with Crippen LogP contribution in [0.2, 0.25) is 4.34 Å². The van der Waals surface area contributed by atoms with Gasteiger partial charge in [0.25, 0.3) is 0 Å². The molecule has 90 valence electrons. The molecule has 1 aromatic rings. The van der Waals surface area contributed by atoms with Crippen LogP contribution in [0.25, 0.3) is 0 Å². The lowest BCUT2D eigenvalue weighted by Gasteiger charge is -2.25. The Kier molecular flexibility index (Phi) is 5.01. The van der Waals surface area contributed by atoms with Crippen LogP contribution in [-0.2, 0) is 0 Å². The summed E-state index contributed by atoms with van der Waals surface area (Å²) >= 11 is 9.71. The largest absolute Gasteiger partial charge is 0.329 e. The van der Waals surface area contributed by atoms with Crippen molar-refractivity contribution in [2.45, 2.75) is 42.6 Å². The monoisotopic (exact) mass is 275 g/mol. The van der Waals surface area contributed by atoms with E-state index in [1.165, 1.54) is 37.0 Å². The summed E-state index contributed by atoms with van der Waals surface area (Å²) in [4.78, 5) is 1.34. The van der Waals surface area contributed by atoms with Gasteiger partial charge in [0.1, 0.15) is 0 Å². The average molecular weight is 276 g/mol. The van der Waals surface area contributed by atoms with Crippen LogP contribution in [-0.4, -0.2) is 11.8 Å². The predicted molar refractivity (Wildman–Crippen MR) is 75.6 cm³/mol. The number of halogens is 1. The summed E-state index contributed by atoms with van der Waals surface area (Å²) < 4.78 is 0.873. The van der Waals surface area contributed by atoms with Crippen LogP contribution in [0.5, 0.6) is 0 Å². The minimum absolute atomic E-state index is 0.445. The molecular formula is C12H18ClNS2. The fraction of sp³-hybridized carbons (Fsp3) is 0.667. The first kappa shape index (κ1) is 12.7. The van der Waals surface area contributed by atoms with Crippen molar-refractivity contribution in [3.8, 4) is 0 Å². The van der Waals surface area contributed by atoms with E-state index in [0.717, 1.165) is 16.1 Å². The zero-order valence-corrected chi connectivity index (χ0v) is 11.7. The van der Waals surface area contributed by atoms with Gasteiger partial charge < -0.3 is 5.73 Å². The molecule has 1 saturated carbocycles. The second-order valence-electron chi connectivity index (χ2n) is 4.26. The number of thioether (sulfide) groups is 1. The molecule has 0 saturated heterocycles. The van der Waals surface area contributed by atoms with Gasteiger partial charge in [-0.3, -0.25) is 0 Å². The lowest BCUT2D eigenvalue weighted by Crippen LogP contribution is -2.15. The van der Waals surface area contributed by atoms with E-state index in [4.69, 9.17) is 17.3 Å². The zero-order chi connectivity index (χ0) is 11.4. The van der Waals surface area contributed by atoms with Crippen molar-refractivity contribution in [1.29, 1.82) is 0 Å². The molecule has 0 aliphatic heterocycles. The highest BCUT2D eigenvalue weighted by molar-refractivity contribution is 8.00. The van der Waals surface area contributed by atoms with Crippen molar-refractivity contribution in [2.24, 2.45) is 5.73 Å². The number of hydrogen-bond acceptors (Lipinski definition) is 3. The van der Waals surface area contributed by atoms with Crippen LogP contribution in [0.3, 0.4) is 0 Å².